The zero-order valence-corrected chi connectivity index (χ0v) is 16.3. The van der Waals surface area contributed by atoms with Crippen LogP contribution in [0.15, 0.2) is 36.5 Å². The molecule has 1 aliphatic carbocycles. The quantitative estimate of drug-likeness (QED) is 0.646. The van der Waals surface area contributed by atoms with Crippen molar-refractivity contribution in [1.29, 1.82) is 0 Å². The Kier molecular flexibility index (Phi) is 6.33. The Morgan fingerprint density at radius 2 is 1.93 bits per heavy atom. The van der Waals surface area contributed by atoms with Gasteiger partial charge in [0.1, 0.15) is 17.7 Å². The second-order valence-corrected chi connectivity index (χ2v) is 7.64. The van der Waals surface area contributed by atoms with Crippen LogP contribution in [-0.2, 0) is 6.18 Å². The number of hydrogen-bond acceptors (Lipinski definition) is 3. The van der Waals surface area contributed by atoms with Gasteiger partial charge in [0, 0.05) is 6.20 Å². The van der Waals surface area contributed by atoms with Gasteiger partial charge in [0.05, 0.1) is 22.2 Å². The molecule has 1 atom stereocenters. The second-order valence-electron chi connectivity index (χ2n) is 7.26. The summed E-state index contributed by atoms with van der Waals surface area (Å²) in [4.78, 5) is 16.4. The summed E-state index contributed by atoms with van der Waals surface area (Å²) in [6, 6.07) is 4.50. The maximum Gasteiger partial charge on any atom is 0.417 e. The van der Waals surface area contributed by atoms with Gasteiger partial charge in [0.2, 0.25) is 0 Å². The largest absolute Gasteiger partial charge is 0.417 e. The average molecular weight is 449 g/mol. The number of halogens is 6. The van der Waals surface area contributed by atoms with Gasteiger partial charge in [-0.05, 0) is 49.4 Å². The smallest absolute Gasteiger partial charge is 0.387 e. The van der Waals surface area contributed by atoms with E-state index in [1.807, 2.05) is 0 Å². The molecule has 1 unspecified atom stereocenters. The molecule has 4 nitrogen and oxygen atoms in total. The van der Waals surface area contributed by atoms with Crippen LogP contribution in [0.25, 0.3) is 0 Å². The zero-order chi connectivity index (χ0) is 22.1. The fourth-order valence-electron chi connectivity index (χ4n) is 3.61. The number of nitrogens with one attached hydrogen (secondary N) is 1. The van der Waals surface area contributed by atoms with Crippen LogP contribution < -0.4 is 5.32 Å². The Morgan fingerprint density at radius 3 is 2.53 bits per heavy atom. The molecule has 1 aromatic heterocycles. The molecule has 1 aliphatic rings. The third-order valence-electron chi connectivity index (χ3n) is 5.19. The highest BCUT2D eigenvalue weighted by molar-refractivity contribution is 6.34. The van der Waals surface area contributed by atoms with Crippen LogP contribution in [0.5, 0.6) is 0 Å². The highest BCUT2D eigenvalue weighted by atomic mass is 35.5. The molecule has 10 heteroatoms. The number of benzene rings is 1. The lowest BCUT2D eigenvalue weighted by Gasteiger charge is -2.40. The van der Waals surface area contributed by atoms with Gasteiger partial charge < -0.3 is 10.4 Å². The van der Waals surface area contributed by atoms with Crippen molar-refractivity contribution in [2.75, 3.05) is 0 Å². The lowest BCUT2D eigenvalue weighted by Crippen LogP contribution is -2.48. The summed E-state index contributed by atoms with van der Waals surface area (Å²) >= 11 is 5.77. The second kappa shape index (κ2) is 8.47. The van der Waals surface area contributed by atoms with E-state index in [0.717, 1.165) is 18.3 Å². The maximum atomic E-state index is 13.8. The first-order valence-electron chi connectivity index (χ1n) is 9.16. The molecule has 1 amide bonds. The molecule has 3 rings (SSSR count). The van der Waals surface area contributed by atoms with Gasteiger partial charge in [-0.3, -0.25) is 4.79 Å². The van der Waals surface area contributed by atoms with Crippen molar-refractivity contribution in [2.24, 2.45) is 0 Å². The standard InChI is InChI=1S/C20H18ClF5N2O2/c21-15-14(20(24,25)26)6-9-27-16(15)18(29)28-17(11-2-1-3-13(23)10-11)19(30)7-4-12(22)5-8-19/h1-3,6,9-10,12,17,30H,4-5,7-8H2,(H,28,29)/t12-,17?,19+. The predicted octanol–water partition coefficient (Wildman–Crippen LogP) is 5.01. The fourth-order valence-corrected chi connectivity index (χ4v) is 3.91. The third-order valence-corrected chi connectivity index (χ3v) is 5.57. The van der Waals surface area contributed by atoms with Crippen molar-refractivity contribution in [3.8, 4) is 0 Å². The summed E-state index contributed by atoms with van der Waals surface area (Å²) in [5.74, 6) is -1.71. The summed E-state index contributed by atoms with van der Waals surface area (Å²) in [5, 5.41) is 12.6. The molecule has 1 aromatic carbocycles. The van der Waals surface area contributed by atoms with Crippen LogP contribution in [0, 0.1) is 5.82 Å². The van der Waals surface area contributed by atoms with E-state index in [1.165, 1.54) is 12.1 Å². The molecule has 0 aliphatic heterocycles. The van der Waals surface area contributed by atoms with E-state index in [0.29, 0.717) is 6.07 Å². The molecule has 0 saturated heterocycles. The highest BCUT2D eigenvalue weighted by Gasteiger charge is 2.43. The monoisotopic (exact) mass is 448 g/mol. The number of hydrogen-bond donors (Lipinski definition) is 2. The number of carbonyl (C=O) groups is 1. The fraction of sp³-hybridized carbons (Fsp3) is 0.400. The summed E-state index contributed by atoms with van der Waals surface area (Å²) in [7, 11) is 0. The number of amides is 1. The number of nitrogens with zero attached hydrogens (tertiary/aromatic N) is 1. The third kappa shape index (κ3) is 4.73. The Morgan fingerprint density at radius 1 is 1.27 bits per heavy atom. The van der Waals surface area contributed by atoms with Gasteiger partial charge in [0.15, 0.2) is 0 Å². The predicted molar refractivity (Wildman–Crippen MR) is 99.2 cm³/mol. The maximum absolute atomic E-state index is 13.8. The van der Waals surface area contributed by atoms with E-state index in [9.17, 15) is 31.9 Å². The highest BCUT2D eigenvalue weighted by Crippen LogP contribution is 2.40. The number of carbonyl (C=O) groups excluding carboxylic acids is 1. The van der Waals surface area contributed by atoms with Crippen molar-refractivity contribution < 1.29 is 31.9 Å². The molecular formula is C20H18ClF5N2O2. The minimum atomic E-state index is -4.80. The molecule has 0 radical (unpaired) electrons. The van der Waals surface area contributed by atoms with E-state index >= 15 is 0 Å². The first-order valence-corrected chi connectivity index (χ1v) is 9.53. The number of aliphatic hydroxyl groups is 1. The molecule has 162 valence electrons. The first kappa shape index (κ1) is 22.4. The SMILES string of the molecule is O=C(NC(c1cccc(F)c1)[C@]1(O)CC[C@@H](F)CC1)c1nccc(C(F)(F)F)c1Cl. The van der Waals surface area contributed by atoms with Crippen LogP contribution in [0.4, 0.5) is 22.0 Å². The Labute approximate surface area is 174 Å². The van der Waals surface area contributed by atoms with Gasteiger partial charge in [-0.25, -0.2) is 13.8 Å². The van der Waals surface area contributed by atoms with Crippen LogP contribution >= 0.6 is 11.6 Å². The van der Waals surface area contributed by atoms with Crippen molar-refractivity contribution in [1.82, 2.24) is 10.3 Å². The molecule has 1 fully saturated rings. The minimum Gasteiger partial charge on any atom is -0.387 e. The lowest BCUT2D eigenvalue weighted by atomic mass is 9.76. The summed E-state index contributed by atoms with van der Waals surface area (Å²) in [6.45, 7) is 0. The van der Waals surface area contributed by atoms with E-state index in [2.05, 4.69) is 10.3 Å². The van der Waals surface area contributed by atoms with Gasteiger partial charge in [-0.2, -0.15) is 13.2 Å². The van der Waals surface area contributed by atoms with Crippen molar-refractivity contribution in [3.63, 3.8) is 0 Å². The van der Waals surface area contributed by atoms with Crippen molar-refractivity contribution in [2.45, 2.75) is 49.7 Å². The Balaban J connectivity index is 1.97. The zero-order valence-electron chi connectivity index (χ0n) is 15.5. The molecule has 0 spiro atoms. The summed E-state index contributed by atoms with van der Waals surface area (Å²) < 4.78 is 66.7. The van der Waals surface area contributed by atoms with Crippen LogP contribution in [0.1, 0.15) is 53.3 Å². The van der Waals surface area contributed by atoms with E-state index in [-0.39, 0.29) is 31.2 Å². The minimum absolute atomic E-state index is 0.0284. The Bertz CT molecular complexity index is 930. The molecule has 2 aromatic rings. The Hall–Kier alpha value is -2.26. The van der Waals surface area contributed by atoms with E-state index in [4.69, 9.17) is 11.6 Å². The number of aromatic nitrogens is 1. The van der Waals surface area contributed by atoms with Crippen molar-refractivity contribution in [3.05, 3.63) is 64.2 Å². The summed E-state index contributed by atoms with van der Waals surface area (Å²) in [6.07, 6.45) is -5.12. The molecule has 1 heterocycles. The normalized spacial score (nSPS) is 23.1. The first-order chi connectivity index (χ1) is 14.0. The van der Waals surface area contributed by atoms with E-state index in [1.54, 1.807) is 0 Å². The number of rotatable bonds is 4. The van der Waals surface area contributed by atoms with Crippen LogP contribution in [0.2, 0.25) is 5.02 Å². The molecule has 0 bridgehead atoms. The number of alkyl halides is 4. The lowest BCUT2D eigenvalue weighted by molar-refractivity contribution is -0.137. The van der Waals surface area contributed by atoms with Gasteiger partial charge in [0.25, 0.3) is 5.91 Å². The van der Waals surface area contributed by atoms with Crippen LogP contribution in [-0.4, -0.2) is 27.8 Å². The molecule has 30 heavy (non-hydrogen) atoms. The molecular weight excluding hydrogens is 431 g/mol. The van der Waals surface area contributed by atoms with Crippen LogP contribution in [0.3, 0.4) is 0 Å². The number of pyridine rings is 1. The van der Waals surface area contributed by atoms with Gasteiger partial charge in [-0.1, -0.05) is 23.7 Å². The van der Waals surface area contributed by atoms with Crippen molar-refractivity contribution >= 4 is 17.5 Å². The molecule has 2 N–H and O–H groups in total. The van der Waals surface area contributed by atoms with E-state index < -0.39 is 52.0 Å². The average Bonchev–Trinajstić information content (AvgIpc) is 2.67. The van der Waals surface area contributed by atoms with Gasteiger partial charge >= 0.3 is 6.18 Å². The summed E-state index contributed by atoms with van der Waals surface area (Å²) in [5.41, 5.74) is -3.36. The molecule has 1 saturated carbocycles. The topological polar surface area (TPSA) is 62.2 Å². The van der Waals surface area contributed by atoms with Gasteiger partial charge in [-0.15, -0.1) is 0 Å².